The lowest BCUT2D eigenvalue weighted by Gasteiger charge is -2.11. The number of aromatic hydroxyl groups is 1. The van der Waals surface area contributed by atoms with Crippen LogP contribution in [-0.4, -0.2) is 30.1 Å². The molecule has 1 unspecified atom stereocenters. The maximum atomic E-state index is 11.6. The van der Waals surface area contributed by atoms with Crippen LogP contribution in [0.5, 0.6) is 5.75 Å². The Morgan fingerprint density at radius 3 is 2.69 bits per heavy atom. The third-order valence-electron chi connectivity index (χ3n) is 2.01. The van der Waals surface area contributed by atoms with E-state index in [2.05, 4.69) is 10.1 Å². The van der Waals surface area contributed by atoms with Crippen molar-refractivity contribution in [2.45, 2.75) is 13.0 Å². The minimum absolute atomic E-state index is 0.00151. The molecule has 5 nitrogen and oxygen atoms in total. The van der Waals surface area contributed by atoms with Crippen molar-refractivity contribution in [1.29, 1.82) is 0 Å². The maximum Gasteiger partial charge on any atom is 0.328 e. The number of hydrogen-bond donors (Lipinski definition) is 2. The summed E-state index contributed by atoms with van der Waals surface area (Å²) < 4.78 is 4.47. The average Bonchev–Trinajstić information content (AvgIpc) is 2.27. The lowest BCUT2D eigenvalue weighted by molar-refractivity contribution is -0.142. The van der Waals surface area contributed by atoms with Crippen LogP contribution >= 0.6 is 0 Å². The van der Waals surface area contributed by atoms with E-state index in [9.17, 15) is 14.7 Å². The number of phenolic OH excluding ortho intramolecular Hbond substituents is 1. The molecule has 1 amide bonds. The molecule has 0 radical (unpaired) electrons. The third kappa shape index (κ3) is 2.98. The number of benzene rings is 1. The summed E-state index contributed by atoms with van der Waals surface area (Å²) in [5.74, 6) is -0.958. The number of ether oxygens (including phenoxy) is 1. The smallest absolute Gasteiger partial charge is 0.328 e. The number of methoxy groups -OCH3 is 1. The lowest BCUT2D eigenvalue weighted by atomic mass is 10.2. The van der Waals surface area contributed by atoms with Gasteiger partial charge in [-0.05, 0) is 25.1 Å². The number of amides is 1. The number of phenols is 1. The summed E-state index contributed by atoms with van der Waals surface area (Å²) >= 11 is 0. The molecule has 2 N–H and O–H groups in total. The van der Waals surface area contributed by atoms with Gasteiger partial charge in [-0.3, -0.25) is 4.79 Å². The van der Waals surface area contributed by atoms with Gasteiger partial charge < -0.3 is 15.2 Å². The van der Waals surface area contributed by atoms with Crippen molar-refractivity contribution in [2.24, 2.45) is 0 Å². The van der Waals surface area contributed by atoms with Gasteiger partial charge in [-0.15, -0.1) is 0 Å². The van der Waals surface area contributed by atoms with Gasteiger partial charge in [0.05, 0.1) is 7.11 Å². The van der Waals surface area contributed by atoms with E-state index in [0.29, 0.717) is 0 Å². The molecule has 0 aliphatic heterocycles. The van der Waals surface area contributed by atoms with Crippen molar-refractivity contribution in [2.75, 3.05) is 7.11 Å². The van der Waals surface area contributed by atoms with Crippen molar-refractivity contribution < 1.29 is 19.4 Å². The molecule has 86 valence electrons. The molecule has 5 heteroatoms. The fourth-order valence-electron chi connectivity index (χ4n) is 1.16. The zero-order chi connectivity index (χ0) is 12.1. The maximum absolute atomic E-state index is 11.6. The lowest BCUT2D eigenvalue weighted by Crippen LogP contribution is -2.39. The second kappa shape index (κ2) is 5.16. The van der Waals surface area contributed by atoms with E-state index in [1.54, 1.807) is 12.1 Å². The summed E-state index contributed by atoms with van der Waals surface area (Å²) in [6.45, 7) is 1.52. The molecule has 1 atom stereocenters. The second-order valence-electron chi connectivity index (χ2n) is 3.27. The van der Waals surface area contributed by atoms with E-state index in [0.717, 1.165) is 0 Å². The minimum atomic E-state index is -0.722. The molecule has 0 saturated heterocycles. The summed E-state index contributed by atoms with van der Waals surface area (Å²) in [5, 5.41) is 11.6. The first kappa shape index (κ1) is 12.0. The molecule has 0 spiro atoms. The van der Waals surface area contributed by atoms with Crippen LogP contribution in [0.3, 0.4) is 0 Å². The second-order valence-corrected chi connectivity index (χ2v) is 3.27. The molecular weight excluding hydrogens is 210 g/mol. The van der Waals surface area contributed by atoms with Crippen LogP contribution in [0.2, 0.25) is 0 Å². The normalized spacial score (nSPS) is 11.6. The fourth-order valence-corrected chi connectivity index (χ4v) is 1.16. The van der Waals surface area contributed by atoms with E-state index in [1.165, 1.54) is 26.2 Å². The number of rotatable bonds is 3. The zero-order valence-electron chi connectivity index (χ0n) is 9.06. The van der Waals surface area contributed by atoms with Crippen LogP contribution in [0, 0.1) is 0 Å². The first-order valence-electron chi connectivity index (χ1n) is 4.72. The highest BCUT2D eigenvalue weighted by Crippen LogP contribution is 2.10. The molecule has 1 rings (SSSR count). The van der Waals surface area contributed by atoms with Gasteiger partial charge in [0, 0.05) is 5.56 Å². The summed E-state index contributed by atoms with van der Waals surface area (Å²) in [5.41, 5.74) is 0.288. The predicted octanol–water partition coefficient (Wildman–Crippen LogP) is 0.683. The van der Waals surface area contributed by atoms with Gasteiger partial charge in [-0.1, -0.05) is 6.07 Å². The Kier molecular flexibility index (Phi) is 3.88. The summed E-state index contributed by atoms with van der Waals surface area (Å²) in [6.07, 6.45) is 0. The van der Waals surface area contributed by atoms with E-state index in [-0.39, 0.29) is 11.3 Å². The first-order valence-corrected chi connectivity index (χ1v) is 4.72. The van der Waals surface area contributed by atoms with Gasteiger partial charge in [-0.25, -0.2) is 4.79 Å². The molecule has 0 heterocycles. The van der Waals surface area contributed by atoms with Gasteiger partial charge in [0.15, 0.2) is 0 Å². The summed E-state index contributed by atoms with van der Waals surface area (Å²) in [7, 11) is 1.25. The monoisotopic (exact) mass is 223 g/mol. The van der Waals surface area contributed by atoms with Gasteiger partial charge in [0.25, 0.3) is 5.91 Å². The van der Waals surface area contributed by atoms with Crippen molar-refractivity contribution in [3.8, 4) is 5.75 Å². The van der Waals surface area contributed by atoms with Crippen LogP contribution in [0.1, 0.15) is 17.3 Å². The summed E-state index contributed by atoms with van der Waals surface area (Å²) in [6, 6.07) is 5.14. The average molecular weight is 223 g/mol. The Hall–Kier alpha value is -2.04. The molecule has 1 aromatic carbocycles. The van der Waals surface area contributed by atoms with E-state index >= 15 is 0 Å². The van der Waals surface area contributed by atoms with Gasteiger partial charge in [0.1, 0.15) is 11.8 Å². The van der Waals surface area contributed by atoms with Crippen LogP contribution in [0.25, 0.3) is 0 Å². The van der Waals surface area contributed by atoms with E-state index in [4.69, 9.17) is 0 Å². The predicted molar refractivity (Wildman–Crippen MR) is 57.1 cm³/mol. The van der Waals surface area contributed by atoms with E-state index in [1.807, 2.05) is 0 Å². The first-order chi connectivity index (χ1) is 7.54. The highest BCUT2D eigenvalue weighted by atomic mass is 16.5. The molecule has 0 aliphatic rings. The fraction of sp³-hybridized carbons (Fsp3) is 0.273. The number of esters is 1. The quantitative estimate of drug-likeness (QED) is 0.739. The van der Waals surface area contributed by atoms with Crippen molar-refractivity contribution >= 4 is 11.9 Å². The topological polar surface area (TPSA) is 75.6 Å². The minimum Gasteiger partial charge on any atom is -0.508 e. The Morgan fingerprint density at radius 2 is 2.12 bits per heavy atom. The molecule has 1 aromatic rings. The number of carbonyl (C=O) groups is 2. The summed E-state index contributed by atoms with van der Waals surface area (Å²) in [4.78, 5) is 22.7. The zero-order valence-corrected chi connectivity index (χ0v) is 9.06. The Morgan fingerprint density at radius 1 is 1.44 bits per heavy atom. The van der Waals surface area contributed by atoms with Crippen LogP contribution in [0.4, 0.5) is 0 Å². The molecule has 16 heavy (non-hydrogen) atoms. The Bertz CT molecular complexity index is 403. The van der Waals surface area contributed by atoms with Crippen LogP contribution < -0.4 is 5.32 Å². The van der Waals surface area contributed by atoms with E-state index < -0.39 is 17.9 Å². The number of hydrogen-bond acceptors (Lipinski definition) is 4. The molecular formula is C11H13NO4. The molecule has 0 fully saturated rings. The Balaban J connectivity index is 2.69. The number of nitrogens with one attached hydrogen (secondary N) is 1. The molecule has 0 aromatic heterocycles. The number of carbonyl (C=O) groups excluding carboxylic acids is 2. The molecule has 0 aliphatic carbocycles. The molecule has 0 bridgehead atoms. The highest BCUT2D eigenvalue weighted by Gasteiger charge is 2.16. The SMILES string of the molecule is COC(=O)C(C)NC(=O)c1cccc(O)c1. The van der Waals surface area contributed by atoms with Gasteiger partial charge in [0.2, 0.25) is 0 Å². The standard InChI is InChI=1S/C11H13NO4/c1-7(11(15)16-2)12-10(14)8-4-3-5-9(13)6-8/h3-7,13H,1-2H3,(H,12,14). The highest BCUT2D eigenvalue weighted by molar-refractivity contribution is 5.96. The van der Waals surface area contributed by atoms with Crippen LogP contribution in [0.15, 0.2) is 24.3 Å². The Labute approximate surface area is 93.0 Å². The van der Waals surface area contributed by atoms with Gasteiger partial charge in [-0.2, -0.15) is 0 Å². The van der Waals surface area contributed by atoms with Gasteiger partial charge >= 0.3 is 5.97 Å². The third-order valence-corrected chi connectivity index (χ3v) is 2.01. The van der Waals surface area contributed by atoms with Crippen molar-refractivity contribution in [3.63, 3.8) is 0 Å². The van der Waals surface area contributed by atoms with Crippen molar-refractivity contribution in [1.82, 2.24) is 5.32 Å². The van der Waals surface area contributed by atoms with Crippen molar-refractivity contribution in [3.05, 3.63) is 29.8 Å². The largest absolute Gasteiger partial charge is 0.508 e. The molecule has 0 saturated carbocycles. The van der Waals surface area contributed by atoms with Crippen LogP contribution in [-0.2, 0) is 9.53 Å².